The summed E-state index contributed by atoms with van der Waals surface area (Å²) in [5, 5.41) is 0. The molecule has 22 heavy (non-hydrogen) atoms. The lowest BCUT2D eigenvalue weighted by Crippen LogP contribution is -2.07. The molecule has 4 heteroatoms. The van der Waals surface area contributed by atoms with Crippen molar-refractivity contribution < 1.29 is 9.47 Å². The number of rotatable bonds is 5. The van der Waals surface area contributed by atoms with Crippen molar-refractivity contribution in [1.29, 1.82) is 0 Å². The first-order valence-electron chi connectivity index (χ1n) is 7.36. The van der Waals surface area contributed by atoms with Gasteiger partial charge in [-0.05, 0) is 61.4 Å². The molecule has 0 amide bonds. The lowest BCUT2D eigenvalue weighted by Gasteiger charge is -2.09. The summed E-state index contributed by atoms with van der Waals surface area (Å²) in [7, 11) is 1.66. The summed E-state index contributed by atoms with van der Waals surface area (Å²) < 4.78 is 13.0. The molecule has 114 valence electrons. The maximum Gasteiger partial charge on any atom is 0.119 e. The molecule has 0 radical (unpaired) electrons. The molecule has 0 aliphatic carbocycles. The van der Waals surface area contributed by atoms with Gasteiger partial charge in [0.25, 0.3) is 0 Å². The second kappa shape index (κ2) is 6.10. The fraction of sp³-hybridized carbons (Fsp3) is 0.278. The second-order valence-electron chi connectivity index (χ2n) is 5.39. The monoisotopic (exact) mass is 296 g/mol. The molecule has 0 spiro atoms. The van der Waals surface area contributed by atoms with Crippen LogP contribution in [0.25, 0.3) is 11.0 Å². The van der Waals surface area contributed by atoms with Gasteiger partial charge in [-0.15, -0.1) is 0 Å². The average Bonchev–Trinajstić information content (AvgIpc) is 2.91. The van der Waals surface area contributed by atoms with Crippen molar-refractivity contribution in [1.82, 2.24) is 9.55 Å². The molecule has 3 rings (SSSR count). The summed E-state index contributed by atoms with van der Waals surface area (Å²) in [4.78, 5) is 4.46. The molecule has 0 aliphatic rings. The molecular weight excluding hydrogens is 276 g/mol. The van der Waals surface area contributed by atoms with Gasteiger partial charge in [0.2, 0.25) is 0 Å². The highest BCUT2D eigenvalue weighted by molar-refractivity contribution is 5.77. The van der Waals surface area contributed by atoms with Gasteiger partial charge < -0.3 is 14.0 Å². The minimum Gasteiger partial charge on any atom is -0.497 e. The van der Waals surface area contributed by atoms with Gasteiger partial charge >= 0.3 is 0 Å². The number of hydrogen-bond donors (Lipinski definition) is 0. The third-order valence-electron chi connectivity index (χ3n) is 3.90. The van der Waals surface area contributed by atoms with Crippen LogP contribution in [0.1, 0.15) is 11.1 Å². The topological polar surface area (TPSA) is 36.3 Å². The summed E-state index contributed by atoms with van der Waals surface area (Å²) in [6.07, 6.45) is 1.88. The van der Waals surface area contributed by atoms with E-state index in [1.807, 2.05) is 30.6 Å². The minimum atomic E-state index is 0.602. The Morgan fingerprint density at radius 2 is 1.68 bits per heavy atom. The molecule has 0 bridgehead atoms. The Hall–Kier alpha value is -2.49. The first kappa shape index (κ1) is 14.4. The number of nitrogens with zero attached hydrogens (tertiary/aromatic N) is 2. The zero-order valence-electron chi connectivity index (χ0n) is 13.2. The number of methoxy groups -OCH3 is 1. The number of benzene rings is 2. The first-order chi connectivity index (χ1) is 10.7. The summed E-state index contributed by atoms with van der Waals surface area (Å²) in [6.45, 7) is 5.61. The molecule has 4 nitrogen and oxygen atoms in total. The minimum absolute atomic E-state index is 0.602. The second-order valence-corrected chi connectivity index (χ2v) is 5.39. The van der Waals surface area contributed by atoms with E-state index in [1.54, 1.807) is 7.11 Å². The highest BCUT2D eigenvalue weighted by Gasteiger charge is 2.05. The molecule has 1 heterocycles. The summed E-state index contributed by atoms with van der Waals surface area (Å²) in [5.74, 6) is 1.68. The van der Waals surface area contributed by atoms with Crippen molar-refractivity contribution in [3.05, 3.63) is 53.9 Å². The Kier molecular flexibility index (Phi) is 4.00. The van der Waals surface area contributed by atoms with E-state index in [9.17, 15) is 0 Å². The predicted octanol–water partition coefficient (Wildman–Crippen LogP) is 3.74. The zero-order chi connectivity index (χ0) is 15.5. The summed E-state index contributed by atoms with van der Waals surface area (Å²) in [6, 6.07) is 11.9. The molecule has 0 fully saturated rings. The van der Waals surface area contributed by atoms with Crippen LogP contribution in [0.2, 0.25) is 0 Å². The van der Waals surface area contributed by atoms with Crippen LogP contribution in [0, 0.1) is 13.8 Å². The largest absolute Gasteiger partial charge is 0.497 e. The number of aromatic nitrogens is 2. The number of hydrogen-bond acceptors (Lipinski definition) is 3. The number of ether oxygens (including phenoxy) is 2. The zero-order valence-corrected chi connectivity index (χ0v) is 13.2. The van der Waals surface area contributed by atoms with Gasteiger partial charge in [0.15, 0.2) is 0 Å². The van der Waals surface area contributed by atoms with E-state index >= 15 is 0 Å². The molecule has 0 unspecified atom stereocenters. The van der Waals surface area contributed by atoms with Gasteiger partial charge in [-0.1, -0.05) is 0 Å². The van der Waals surface area contributed by atoms with Gasteiger partial charge in [-0.25, -0.2) is 4.98 Å². The van der Waals surface area contributed by atoms with Crippen LogP contribution < -0.4 is 9.47 Å². The average molecular weight is 296 g/mol. The molecule has 2 aromatic carbocycles. The van der Waals surface area contributed by atoms with Crippen molar-refractivity contribution in [2.45, 2.75) is 20.4 Å². The van der Waals surface area contributed by atoms with Gasteiger partial charge in [0.05, 0.1) is 31.0 Å². The van der Waals surface area contributed by atoms with Crippen LogP contribution in [0.5, 0.6) is 11.5 Å². The van der Waals surface area contributed by atoms with Crippen molar-refractivity contribution >= 4 is 11.0 Å². The Bertz CT molecular complexity index is 776. The van der Waals surface area contributed by atoms with Crippen LogP contribution in [0.15, 0.2) is 42.7 Å². The molecule has 0 atom stereocenters. The van der Waals surface area contributed by atoms with Crippen molar-refractivity contribution in [2.75, 3.05) is 13.7 Å². The van der Waals surface area contributed by atoms with E-state index < -0.39 is 0 Å². The Balaban J connectivity index is 1.67. The molecule has 0 N–H and O–H groups in total. The van der Waals surface area contributed by atoms with Crippen LogP contribution in [-0.2, 0) is 6.54 Å². The predicted molar refractivity (Wildman–Crippen MR) is 87.7 cm³/mol. The van der Waals surface area contributed by atoms with Crippen LogP contribution in [-0.4, -0.2) is 23.3 Å². The van der Waals surface area contributed by atoms with Crippen molar-refractivity contribution in [2.24, 2.45) is 0 Å². The van der Waals surface area contributed by atoms with E-state index in [2.05, 4.69) is 35.5 Å². The van der Waals surface area contributed by atoms with Gasteiger partial charge in [-0.2, -0.15) is 0 Å². The van der Waals surface area contributed by atoms with Crippen molar-refractivity contribution in [3.8, 4) is 11.5 Å². The van der Waals surface area contributed by atoms with Crippen molar-refractivity contribution in [3.63, 3.8) is 0 Å². The number of imidazole rings is 1. The normalized spacial score (nSPS) is 10.9. The third kappa shape index (κ3) is 2.91. The quantitative estimate of drug-likeness (QED) is 0.719. The standard InChI is InChI=1S/C18H20N2O2/c1-13-10-17-18(11-14(13)2)20(12-19-17)8-9-22-16-6-4-15(21-3)5-7-16/h4-7,10-12H,8-9H2,1-3H3. The third-order valence-corrected chi connectivity index (χ3v) is 3.90. The molecule has 0 aliphatic heterocycles. The molecule has 1 aromatic heterocycles. The highest BCUT2D eigenvalue weighted by Crippen LogP contribution is 2.19. The van der Waals surface area contributed by atoms with E-state index in [0.717, 1.165) is 29.1 Å². The van der Waals surface area contributed by atoms with Gasteiger partial charge in [-0.3, -0.25) is 0 Å². The van der Waals surface area contributed by atoms with Crippen LogP contribution in [0.4, 0.5) is 0 Å². The first-order valence-corrected chi connectivity index (χ1v) is 7.36. The number of aryl methyl sites for hydroxylation is 2. The SMILES string of the molecule is COc1ccc(OCCn2cnc3cc(C)c(C)cc32)cc1. The van der Waals surface area contributed by atoms with Crippen LogP contribution in [0.3, 0.4) is 0 Å². The lowest BCUT2D eigenvalue weighted by molar-refractivity contribution is 0.299. The smallest absolute Gasteiger partial charge is 0.119 e. The molecule has 3 aromatic rings. The van der Waals surface area contributed by atoms with E-state index in [4.69, 9.17) is 9.47 Å². The maximum absolute atomic E-state index is 5.78. The maximum atomic E-state index is 5.78. The van der Waals surface area contributed by atoms with Gasteiger partial charge in [0, 0.05) is 0 Å². The van der Waals surface area contributed by atoms with Gasteiger partial charge in [0.1, 0.15) is 18.1 Å². The molecule has 0 saturated heterocycles. The number of fused-ring (bicyclic) bond motifs is 1. The highest BCUT2D eigenvalue weighted by atomic mass is 16.5. The fourth-order valence-electron chi connectivity index (χ4n) is 2.43. The summed E-state index contributed by atoms with van der Waals surface area (Å²) >= 11 is 0. The Labute approximate surface area is 130 Å². The molecular formula is C18H20N2O2. The van der Waals surface area contributed by atoms with E-state index in [1.165, 1.54) is 11.1 Å². The van der Waals surface area contributed by atoms with E-state index in [0.29, 0.717) is 6.61 Å². The fourth-order valence-corrected chi connectivity index (χ4v) is 2.43. The lowest BCUT2D eigenvalue weighted by atomic mass is 10.1. The molecule has 0 saturated carbocycles. The Morgan fingerprint density at radius 3 is 2.41 bits per heavy atom. The Morgan fingerprint density at radius 1 is 1.00 bits per heavy atom. The summed E-state index contributed by atoms with van der Waals surface area (Å²) in [5.41, 5.74) is 4.74. The van der Waals surface area contributed by atoms with Crippen LogP contribution >= 0.6 is 0 Å². The van der Waals surface area contributed by atoms with E-state index in [-0.39, 0.29) is 0 Å².